The Bertz CT molecular complexity index is 842. The van der Waals surface area contributed by atoms with E-state index < -0.39 is 0 Å². The molecule has 0 saturated carbocycles. The lowest BCUT2D eigenvalue weighted by Crippen LogP contribution is -1.80. The molecule has 17 heavy (non-hydrogen) atoms. The van der Waals surface area contributed by atoms with Gasteiger partial charge in [-0.3, -0.25) is 4.98 Å². The molecular formula is C14H8N2O. The minimum atomic E-state index is 0.812. The molecule has 0 saturated heterocycles. The van der Waals surface area contributed by atoms with Gasteiger partial charge >= 0.3 is 0 Å². The quantitative estimate of drug-likeness (QED) is 0.455. The Kier molecular flexibility index (Phi) is 1.56. The van der Waals surface area contributed by atoms with Gasteiger partial charge in [-0.2, -0.15) is 0 Å². The summed E-state index contributed by atoms with van der Waals surface area (Å²) >= 11 is 0. The lowest BCUT2D eigenvalue weighted by atomic mass is 10.2. The predicted octanol–water partition coefficient (Wildman–Crippen LogP) is 3.53. The van der Waals surface area contributed by atoms with E-state index in [2.05, 4.69) is 9.97 Å². The molecule has 0 aliphatic carbocycles. The molecule has 0 amide bonds. The zero-order chi connectivity index (χ0) is 11.2. The molecule has 0 aliphatic rings. The van der Waals surface area contributed by atoms with Crippen molar-refractivity contribution < 1.29 is 4.42 Å². The minimum Gasteiger partial charge on any atom is -0.454 e. The molecule has 1 aromatic carbocycles. The predicted molar refractivity (Wildman–Crippen MR) is 66.8 cm³/mol. The molecule has 0 N–H and O–H groups in total. The monoisotopic (exact) mass is 220 g/mol. The van der Waals surface area contributed by atoms with Gasteiger partial charge in [0.1, 0.15) is 11.1 Å². The summed E-state index contributed by atoms with van der Waals surface area (Å²) in [6.07, 6.45) is 3.55. The van der Waals surface area contributed by atoms with Crippen molar-refractivity contribution in [3.05, 3.63) is 48.8 Å². The van der Waals surface area contributed by atoms with Crippen LogP contribution in [-0.4, -0.2) is 9.97 Å². The van der Waals surface area contributed by atoms with Gasteiger partial charge in [-0.1, -0.05) is 12.1 Å². The smallest absolute Gasteiger partial charge is 0.154 e. The van der Waals surface area contributed by atoms with Gasteiger partial charge in [-0.05, 0) is 24.3 Å². The van der Waals surface area contributed by atoms with Gasteiger partial charge in [0.25, 0.3) is 0 Å². The van der Waals surface area contributed by atoms with Gasteiger partial charge in [0, 0.05) is 23.2 Å². The first-order chi connectivity index (χ1) is 8.42. The average Bonchev–Trinajstić information content (AvgIpc) is 2.73. The fraction of sp³-hybridized carbons (Fsp3) is 0. The first-order valence-electron chi connectivity index (χ1n) is 5.44. The maximum Gasteiger partial charge on any atom is 0.154 e. The lowest BCUT2D eigenvalue weighted by molar-refractivity contribution is 0.669. The van der Waals surface area contributed by atoms with E-state index in [1.54, 1.807) is 12.4 Å². The maximum atomic E-state index is 5.77. The fourth-order valence-corrected chi connectivity index (χ4v) is 2.14. The Morgan fingerprint density at radius 1 is 1.00 bits per heavy atom. The molecule has 3 heteroatoms. The van der Waals surface area contributed by atoms with Crippen molar-refractivity contribution in [2.75, 3.05) is 0 Å². The summed E-state index contributed by atoms with van der Waals surface area (Å²) in [7, 11) is 0. The molecule has 4 rings (SSSR count). The molecule has 3 aromatic heterocycles. The van der Waals surface area contributed by atoms with Crippen molar-refractivity contribution in [3.63, 3.8) is 0 Å². The molecule has 3 nitrogen and oxygen atoms in total. The molecule has 0 unspecified atom stereocenters. The van der Waals surface area contributed by atoms with Gasteiger partial charge in [0.2, 0.25) is 0 Å². The highest BCUT2D eigenvalue weighted by Crippen LogP contribution is 2.28. The van der Waals surface area contributed by atoms with E-state index >= 15 is 0 Å². The zero-order valence-electron chi connectivity index (χ0n) is 8.92. The van der Waals surface area contributed by atoms with Crippen LogP contribution in [0.15, 0.2) is 53.2 Å². The number of para-hydroxylation sites is 1. The second-order valence-electron chi connectivity index (χ2n) is 4.00. The van der Waals surface area contributed by atoms with Crippen molar-refractivity contribution in [1.29, 1.82) is 0 Å². The molecule has 0 fully saturated rings. The van der Waals surface area contributed by atoms with Gasteiger partial charge in [-0.15, -0.1) is 0 Å². The van der Waals surface area contributed by atoms with Crippen LogP contribution in [-0.2, 0) is 0 Å². The number of furan rings is 1. The SMILES string of the molecule is c1ccc2c(c1)oc1cc3cnccc3nc12. The van der Waals surface area contributed by atoms with E-state index in [0.717, 1.165) is 33.0 Å². The standard InChI is InChI=1S/C14H8N2O/c1-2-4-12-10(3-1)14-13(17-12)7-9-8-15-6-5-11(9)16-14/h1-8H. The molecule has 0 spiro atoms. The van der Waals surface area contributed by atoms with Crippen LogP contribution in [0.25, 0.3) is 33.0 Å². The topological polar surface area (TPSA) is 38.9 Å². The van der Waals surface area contributed by atoms with E-state index in [0.29, 0.717) is 0 Å². The van der Waals surface area contributed by atoms with Crippen molar-refractivity contribution >= 4 is 33.0 Å². The van der Waals surface area contributed by atoms with E-state index in [4.69, 9.17) is 4.42 Å². The third-order valence-corrected chi connectivity index (χ3v) is 2.94. The number of benzene rings is 1. The normalized spacial score (nSPS) is 11.5. The first kappa shape index (κ1) is 8.70. The zero-order valence-corrected chi connectivity index (χ0v) is 8.92. The van der Waals surface area contributed by atoms with Gasteiger partial charge in [0.05, 0.1) is 5.52 Å². The molecule has 0 aliphatic heterocycles. The number of hydrogen-bond donors (Lipinski definition) is 0. The lowest BCUT2D eigenvalue weighted by Gasteiger charge is -1.95. The summed E-state index contributed by atoms with van der Waals surface area (Å²) < 4.78 is 5.77. The van der Waals surface area contributed by atoms with Crippen LogP contribution < -0.4 is 0 Å². The molecule has 4 aromatic rings. The molecular weight excluding hydrogens is 212 g/mol. The van der Waals surface area contributed by atoms with E-state index in [1.165, 1.54) is 0 Å². The summed E-state index contributed by atoms with van der Waals surface area (Å²) in [4.78, 5) is 8.72. The van der Waals surface area contributed by atoms with E-state index in [-0.39, 0.29) is 0 Å². The van der Waals surface area contributed by atoms with Gasteiger partial charge in [0.15, 0.2) is 5.58 Å². The highest BCUT2D eigenvalue weighted by Gasteiger charge is 2.08. The number of fused-ring (bicyclic) bond motifs is 4. The average molecular weight is 220 g/mol. The largest absolute Gasteiger partial charge is 0.454 e. The number of nitrogens with zero attached hydrogens (tertiary/aromatic N) is 2. The van der Waals surface area contributed by atoms with Crippen molar-refractivity contribution in [2.45, 2.75) is 0 Å². The Labute approximate surface area is 96.7 Å². The van der Waals surface area contributed by atoms with E-state index in [1.807, 2.05) is 36.4 Å². The van der Waals surface area contributed by atoms with Crippen molar-refractivity contribution in [1.82, 2.24) is 9.97 Å². The summed E-state index contributed by atoms with van der Waals surface area (Å²) in [5, 5.41) is 2.06. The molecule has 0 bridgehead atoms. The second kappa shape index (κ2) is 3.04. The highest BCUT2D eigenvalue weighted by molar-refractivity contribution is 6.05. The van der Waals surface area contributed by atoms with Crippen LogP contribution in [0.4, 0.5) is 0 Å². The van der Waals surface area contributed by atoms with Crippen LogP contribution in [0.1, 0.15) is 0 Å². The summed E-state index contributed by atoms with van der Waals surface area (Å²) in [5.74, 6) is 0. The van der Waals surface area contributed by atoms with Crippen molar-refractivity contribution in [3.8, 4) is 0 Å². The third-order valence-electron chi connectivity index (χ3n) is 2.94. The third kappa shape index (κ3) is 1.16. The van der Waals surface area contributed by atoms with Crippen LogP contribution >= 0.6 is 0 Å². The van der Waals surface area contributed by atoms with Crippen LogP contribution in [0.5, 0.6) is 0 Å². The van der Waals surface area contributed by atoms with Crippen LogP contribution in [0.2, 0.25) is 0 Å². The second-order valence-corrected chi connectivity index (χ2v) is 4.00. The van der Waals surface area contributed by atoms with Crippen LogP contribution in [0.3, 0.4) is 0 Å². The Morgan fingerprint density at radius 2 is 1.94 bits per heavy atom. The Balaban J connectivity index is 2.28. The Morgan fingerprint density at radius 3 is 2.94 bits per heavy atom. The molecule has 0 atom stereocenters. The summed E-state index contributed by atoms with van der Waals surface area (Å²) in [5.41, 5.74) is 3.54. The van der Waals surface area contributed by atoms with Gasteiger partial charge in [-0.25, -0.2) is 4.98 Å². The van der Waals surface area contributed by atoms with E-state index in [9.17, 15) is 0 Å². The number of pyridine rings is 2. The Hall–Kier alpha value is -2.42. The summed E-state index contributed by atoms with van der Waals surface area (Å²) in [6.45, 7) is 0. The molecule has 80 valence electrons. The highest BCUT2D eigenvalue weighted by atomic mass is 16.3. The number of rotatable bonds is 0. The fourth-order valence-electron chi connectivity index (χ4n) is 2.14. The minimum absolute atomic E-state index is 0.812. The first-order valence-corrected chi connectivity index (χ1v) is 5.44. The molecule has 3 heterocycles. The van der Waals surface area contributed by atoms with Gasteiger partial charge < -0.3 is 4.42 Å². The number of hydrogen-bond acceptors (Lipinski definition) is 3. The van der Waals surface area contributed by atoms with Crippen LogP contribution in [0, 0.1) is 0 Å². The number of aromatic nitrogens is 2. The van der Waals surface area contributed by atoms with Crippen molar-refractivity contribution in [2.24, 2.45) is 0 Å². The maximum absolute atomic E-state index is 5.77. The summed E-state index contributed by atoms with van der Waals surface area (Å²) in [6, 6.07) is 11.9. The molecule has 0 radical (unpaired) electrons.